The topological polar surface area (TPSA) is 68.5 Å². The summed E-state index contributed by atoms with van der Waals surface area (Å²) in [5.41, 5.74) is 5.41. The predicted molar refractivity (Wildman–Crippen MR) is 142 cm³/mol. The number of aliphatic hydroxyl groups excluding tert-OH is 1. The fraction of sp³-hybridized carbons (Fsp3) is 0.367. The van der Waals surface area contributed by atoms with E-state index in [9.17, 15) is 5.11 Å². The molecule has 2 N–H and O–H groups in total. The predicted octanol–water partition coefficient (Wildman–Crippen LogP) is 6.31. The van der Waals surface area contributed by atoms with E-state index in [0.717, 1.165) is 59.5 Å². The molecule has 186 valence electrons. The van der Waals surface area contributed by atoms with Crippen molar-refractivity contribution in [1.82, 2.24) is 9.55 Å². The number of para-hydroxylation sites is 2. The van der Waals surface area contributed by atoms with E-state index in [4.69, 9.17) is 14.5 Å². The molecule has 0 bridgehead atoms. The van der Waals surface area contributed by atoms with Gasteiger partial charge >= 0.3 is 0 Å². The Morgan fingerprint density at radius 3 is 2.56 bits per heavy atom. The molecule has 1 aliphatic heterocycles. The molecular formula is C30H33N3O3. The van der Waals surface area contributed by atoms with E-state index in [0.29, 0.717) is 12.6 Å². The average molecular weight is 484 g/mol. The fourth-order valence-corrected chi connectivity index (χ4v) is 5.47. The summed E-state index contributed by atoms with van der Waals surface area (Å²) in [5, 5.41) is 13.1. The number of aromatic nitrogens is 2. The molecule has 2 fully saturated rings. The second kappa shape index (κ2) is 10.3. The lowest BCUT2D eigenvalue weighted by atomic mass is 10.0. The molecule has 0 unspecified atom stereocenters. The number of hydrogen-bond donors (Lipinski definition) is 2. The van der Waals surface area contributed by atoms with Gasteiger partial charge in [0.2, 0.25) is 5.95 Å². The van der Waals surface area contributed by atoms with Crippen LogP contribution in [-0.2, 0) is 11.3 Å². The van der Waals surface area contributed by atoms with E-state index < -0.39 is 0 Å². The Morgan fingerprint density at radius 2 is 1.75 bits per heavy atom. The molecule has 4 aromatic rings. The zero-order valence-corrected chi connectivity index (χ0v) is 20.5. The molecule has 1 saturated carbocycles. The smallest absolute Gasteiger partial charge is 0.206 e. The van der Waals surface area contributed by atoms with Gasteiger partial charge in [0.05, 0.1) is 29.8 Å². The molecule has 1 aliphatic carbocycles. The zero-order chi connectivity index (χ0) is 24.3. The molecule has 2 atom stereocenters. The first-order valence-electron chi connectivity index (χ1n) is 13.1. The highest BCUT2D eigenvalue weighted by molar-refractivity contribution is 5.79. The summed E-state index contributed by atoms with van der Waals surface area (Å²) >= 11 is 0. The lowest BCUT2D eigenvalue weighted by Gasteiger charge is -2.19. The molecule has 6 heteroatoms. The molecule has 0 amide bonds. The maximum Gasteiger partial charge on any atom is 0.206 e. The van der Waals surface area contributed by atoms with E-state index in [1.165, 1.54) is 18.4 Å². The van der Waals surface area contributed by atoms with Crippen LogP contribution in [0.3, 0.4) is 0 Å². The van der Waals surface area contributed by atoms with E-state index in [2.05, 4.69) is 58.4 Å². The second-order valence-electron chi connectivity index (χ2n) is 9.84. The van der Waals surface area contributed by atoms with Crippen molar-refractivity contribution >= 4 is 17.0 Å². The number of fused-ring (bicyclic) bond motifs is 1. The minimum Gasteiger partial charge on any atom is -0.490 e. The Kier molecular flexibility index (Phi) is 6.62. The summed E-state index contributed by atoms with van der Waals surface area (Å²) < 4.78 is 14.8. The summed E-state index contributed by atoms with van der Waals surface area (Å²) in [7, 11) is 0. The summed E-state index contributed by atoms with van der Waals surface area (Å²) in [6.45, 7) is 0.666. The summed E-state index contributed by atoms with van der Waals surface area (Å²) in [6.07, 6.45) is 6.45. The first-order valence-corrected chi connectivity index (χ1v) is 13.1. The molecule has 2 heterocycles. The van der Waals surface area contributed by atoms with E-state index in [1.54, 1.807) is 0 Å². The highest BCUT2D eigenvalue weighted by Gasteiger charge is 2.29. The Bertz CT molecular complexity index is 1310. The Hall–Kier alpha value is -3.35. The standard InChI is InChI=1S/C30H33N3O3/c34-20-24-15-17-29(36-24)33-27-13-7-6-12-26(27)32-30(33)31-19-21-14-16-25(22-8-2-1-3-9-22)28(18-21)35-23-10-4-5-11-23/h1-3,6-9,12-14,16,18,23-24,29,34H,4-5,10-11,15,17,19-20H2,(H,31,32)/t24-,29+/m0/s1. The first-order chi connectivity index (χ1) is 17.8. The normalized spacial score (nSPS) is 20.2. The van der Waals surface area contributed by atoms with Crippen LogP contribution in [0, 0.1) is 0 Å². The lowest BCUT2D eigenvalue weighted by Crippen LogP contribution is -2.16. The summed E-state index contributed by atoms with van der Waals surface area (Å²) in [4.78, 5) is 4.87. The highest BCUT2D eigenvalue weighted by atomic mass is 16.5. The molecule has 3 aromatic carbocycles. The minimum absolute atomic E-state index is 0.0451. The van der Waals surface area contributed by atoms with Gasteiger partial charge in [-0.1, -0.05) is 54.6 Å². The monoisotopic (exact) mass is 483 g/mol. The van der Waals surface area contributed by atoms with Crippen LogP contribution < -0.4 is 10.1 Å². The van der Waals surface area contributed by atoms with Crippen molar-refractivity contribution in [2.24, 2.45) is 0 Å². The van der Waals surface area contributed by atoms with Crippen molar-refractivity contribution in [3.05, 3.63) is 78.4 Å². The third-order valence-corrected chi connectivity index (χ3v) is 7.35. The molecule has 0 radical (unpaired) electrons. The van der Waals surface area contributed by atoms with Crippen LogP contribution >= 0.6 is 0 Å². The van der Waals surface area contributed by atoms with Gasteiger partial charge in [0.1, 0.15) is 12.0 Å². The first kappa shape index (κ1) is 23.1. The van der Waals surface area contributed by atoms with E-state index >= 15 is 0 Å². The number of hydrogen-bond acceptors (Lipinski definition) is 5. The number of aliphatic hydroxyl groups is 1. The molecule has 1 aromatic heterocycles. The Labute approximate surface area is 211 Å². The quantitative estimate of drug-likeness (QED) is 0.308. The van der Waals surface area contributed by atoms with E-state index in [1.807, 2.05) is 24.3 Å². The van der Waals surface area contributed by atoms with Crippen LogP contribution in [0.1, 0.15) is 50.3 Å². The number of nitrogens with zero attached hydrogens (tertiary/aromatic N) is 2. The number of imidazole rings is 1. The minimum atomic E-state index is -0.140. The van der Waals surface area contributed by atoms with Gasteiger partial charge in [-0.25, -0.2) is 4.98 Å². The van der Waals surface area contributed by atoms with Gasteiger partial charge in [-0.3, -0.25) is 4.57 Å². The molecule has 1 saturated heterocycles. The molecule has 36 heavy (non-hydrogen) atoms. The second-order valence-corrected chi connectivity index (χ2v) is 9.84. The zero-order valence-electron chi connectivity index (χ0n) is 20.5. The lowest BCUT2D eigenvalue weighted by molar-refractivity contribution is -0.0195. The van der Waals surface area contributed by atoms with Crippen molar-refractivity contribution in [2.45, 2.75) is 63.5 Å². The summed E-state index contributed by atoms with van der Waals surface area (Å²) in [6, 6.07) is 25.1. The van der Waals surface area contributed by atoms with Crippen LogP contribution in [0.25, 0.3) is 22.2 Å². The van der Waals surface area contributed by atoms with Crippen molar-refractivity contribution < 1.29 is 14.6 Å². The number of rotatable bonds is 8. The average Bonchev–Trinajstić information content (AvgIpc) is 3.68. The van der Waals surface area contributed by atoms with Gasteiger partial charge < -0.3 is 19.9 Å². The van der Waals surface area contributed by atoms with Crippen molar-refractivity contribution in [1.29, 1.82) is 0 Å². The van der Waals surface area contributed by atoms with Gasteiger partial charge in [-0.05, 0) is 67.9 Å². The number of anilines is 1. The largest absolute Gasteiger partial charge is 0.490 e. The van der Waals surface area contributed by atoms with Crippen molar-refractivity contribution in [2.75, 3.05) is 11.9 Å². The van der Waals surface area contributed by atoms with Gasteiger partial charge in [0.15, 0.2) is 0 Å². The van der Waals surface area contributed by atoms with Gasteiger partial charge in [0.25, 0.3) is 0 Å². The van der Waals surface area contributed by atoms with Gasteiger partial charge in [-0.15, -0.1) is 0 Å². The fourth-order valence-electron chi connectivity index (χ4n) is 5.47. The Balaban J connectivity index is 1.28. The maximum absolute atomic E-state index is 9.57. The van der Waals surface area contributed by atoms with Gasteiger partial charge in [0, 0.05) is 12.1 Å². The molecule has 2 aliphatic rings. The maximum atomic E-state index is 9.57. The number of ether oxygens (including phenoxy) is 2. The third kappa shape index (κ3) is 4.71. The SMILES string of the molecule is OC[C@@H]1CC[C@H](n2c(NCc3ccc(-c4ccccc4)c(OC4CCCC4)c3)nc3ccccc32)O1. The van der Waals surface area contributed by atoms with E-state index in [-0.39, 0.29) is 18.9 Å². The summed E-state index contributed by atoms with van der Waals surface area (Å²) in [5.74, 6) is 1.73. The third-order valence-electron chi connectivity index (χ3n) is 7.35. The molecule has 0 spiro atoms. The van der Waals surface area contributed by atoms with Crippen LogP contribution in [0.15, 0.2) is 72.8 Å². The van der Waals surface area contributed by atoms with Crippen molar-refractivity contribution in [3.63, 3.8) is 0 Å². The van der Waals surface area contributed by atoms with Crippen LogP contribution in [0.5, 0.6) is 5.75 Å². The molecular weight excluding hydrogens is 450 g/mol. The molecule has 6 rings (SSSR count). The Morgan fingerprint density at radius 1 is 0.944 bits per heavy atom. The highest BCUT2D eigenvalue weighted by Crippen LogP contribution is 2.36. The van der Waals surface area contributed by atoms with Crippen LogP contribution in [-0.4, -0.2) is 33.5 Å². The number of benzene rings is 3. The van der Waals surface area contributed by atoms with Crippen LogP contribution in [0.4, 0.5) is 5.95 Å². The van der Waals surface area contributed by atoms with Gasteiger partial charge in [-0.2, -0.15) is 0 Å². The van der Waals surface area contributed by atoms with Crippen LogP contribution in [0.2, 0.25) is 0 Å². The van der Waals surface area contributed by atoms with Crippen molar-refractivity contribution in [3.8, 4) is 16.9 Å². The number of nitrogens with one attached hydrogen (secondary N) is 1. The molecule has 6 nitrogen and oxygen atoms in total.